The molecule has 0 radical (unpaired) electrons. The van der Waals surface area contributed by atoms with Crippen LogP contribution in [0.3, 0.4) is 0 Å². The number of hydrogen-bond acceptors (Lipinski definition) is 2. The van der Waals surface area contributed by atoms with Gasteiger partial charge < -0.3 is 4.74 Å². The van der Waals surface area contributed by atoms with Gasteiger partial charge in [0.25, 0.3) is 0 Å². The van der Waals surface area contributed by atoms with Crippen molar-refractivity contribution in [2.24, 2.45) is 5.92 Å². The molecule has 0 spiro atoms. The predicted octanol–water partition coefficient (Wildman–Crippen LogP) is 3.49. The van der Waals surface area contributed by atoms with Crippen molar-refractivity contribution in [2.45, 2.75) is 26.3 Å². The summed E-state index contributed by atoms with van der Waals surface area (Å²) in [6.45, 7) is 12.6. The molecule has 0 atom stereocenters. The number of likely N-dealkylation sites (tertiary alicyclic amines) is 1. The summed E-state index contributed by atoms with van der Waals surface area (Å²) in [5, 5.41) is 0. The second-order valence-electron chi connectivity index (χ2n) is 4.58. The first-order valence-electron chi connectivity index (χ1n) is 5.76. The van der Waals surface area contributed by atoms with E-state index in [2.05, 4.69) is 22.8 Å². The molecule has 0 aromatic carbocycles. The van der Waals surface area contributed by atoms with Crippen molar-refractivity contribution < 1.29 is 17.9 Å². The van der Waals surface area contributed by atoms with E-state index >= 15 is 0 Å². The normalized spacial score (nSPS) is 18.7. The molecule has 1 aliphatic heterocycles. The van der Waals surface area contributed by atoms with Crippen LogP contribution >= 0.6 is 0 Å². The highest BCUT2D eigenvalue weighted by atomic mass is 19.4. The minimum Gasteiger partial charge on any atom is -0.406 e. The highest BCUT2D eigenvalue weighted by molar-refractivity contribution is 5.30. The second kappa shape index (κ2) is 5.61. The Balaban J connectivity index is 2.63. The molecule has 1 heterocycles. The lowest BCUT2D eigenvalue weighted by atomic mass is 9.89. The van der Waals surface area contributed by atoms with E-state index in [4.69, 9.17) is 0 Å². The monoisotopic (exact) mass is 261 g/mol. The molecule has 0 bridgehead atoms. The van der Waals surface area contributed by atoms with Gasteiger partial charge in [-0.15, -0.1) is 13.2 Å². The van der Waals surface area contributed by atoms with Gasteiger partial charge in [-0.25, -0.2) is 0 Å². The van der Waals surface area contributed by atoms with E-state index in [1.165, 1.54) is 12.2 Å². The molecular formula is C13H18F3NO. The maximum absolute atomic E-state index is 12.2. The third-order valence-electron chi connectivity index (χ3n) is 2.94. The SMILES string of the molecule is C=C/C=C(/OC(F)(F)F)C(=C)C1CN(C(C)C)C1. The van der Waals surface area contributed by atoms with Crippen molar-refractivity contribution in [3.63, 3.8) is 0 Å². The van der Waals surface area contributed by atoms with E-state index in [9.17, 15) is 13.2 Å². The Bertz CT molecular complexity index is 352. The number of rotatable bonds is 5. The van der Waals surface area contributed by atoms with E-state index in [0.29, 0.717) is 24.7 Å². The van der Waals surface area contributed by atoms with E-state index in [0.717, 1.165) is 0 Å². The predicted molar refractivity (Wildman–Crippen MR) is 64.8 cm³/mol. The Morgan fingerprint density at radius 2 is 1.94 bits per heavy atom. The number of allylic oxidation sites excluding steroid dienone is 3. The molecule has 0 aromatic rings. The molecule has 0 saturated carbocycles. The number of ether oxygens (including phenoxy) is 1. The zero-order valence-corrected chi connectivity index (χ0v) is 10.6. The first-order chi connectivity index (χ1) is 8.24. The van der Waals surface area contributed by atoms with Gasteiger partial charge in [-0.3, -0.25) is 4.90 Å². The van der Waals surface area contributed by atoms with Crippen molar-refractivity contribution in [3.05, 3.63) is 36.6 Å². The number of halogens is 3. The summed E-state index contributed by atoms with van der Waals surface area (Å²) in [6.07, 6.45) is -2.22. The van der Waals surface area contributed by atoms with E-state index in [1.807, 2.05) is 13.8 Å². The number of nitrogens with zero attached hydrogens (tertiary/aromatic N) is 1. The van der Waals surface area contributed by atoms with E-state index in [-0.39, 0.29) is 11.7 Å². The van der Waals surface area contributed by atoms with Crippen LogP contribution in [0.2, 0.25) is 0 Å². The molecule has 2 nitrogen and oxygen atoms in total. The van der Waals surface area contributed by atoms with Gasteiger partial charge in [0, 0.05) is 25.0 Å². The summed E-state index contributed by atoms with van der Waals surface area (Å²) in [7, 11) is 0. The molecule has 0 aliphatic carbocycles. The third kappa shape index (κ3) is 3.91. The summed E-state index contributed by atoms with van der Waals surface area (Å²) in [6, 6.07) is 0.393. The minimum absolute atomic E-state index is 0.0148. The quantitative estimate of drug-likeness (QED) is 0.555. The Hall–Kier alpha value is -1.23. The topological polar surface area (TPSA) is 12.5 Å². The molecule has 1 rings (SSSR count). The van der Waals surface area contributed by atoms with Gasteiger partial charge in [0.2, 0.25) is 0 Å². The Morgan fingerprint density at radius 3 is 2.33 bits per heavy atom. The second-order valence-corrected chi connectivity index (χ2v) is 4.58. The molecule has 1 fully saturated rings. The standard InChI is InChI=1S/C13H18F3NO/c1-5-6-12(18-13(14,15)16)10(4)11-7-17(8-11)9(2)3/h5-6,9,11H,1,4,7-8H2,2-3H3/b12-6+. The third-order valence-corrected chi connectivity index (χ3v) is 2.94. The lowest BCUT2D eigenvalue weighted by Crippen LogP contribution is -2.51. The molecule has 1 saturated heterocycles. The molecule has 1 aliphatic rings. The highest BCUT2D eigenvalue weighted by Crippen LogP contribution is 2.32. The van der Waals surface area contributed by atoms with Crippen LogP contribution in [0.4, 0.5) is 13.2 Å². The molecule has 0 unspecified atom stereocenters. The molecular weight excluding hydrogens is 243 g/mol. The van der Waals surface area contributed by atoms with Crippen LogP contribution in [0.1, 0.15) is 13.8 Å². The van der Waals surface area contributed by atoms with Crippen LogP contribution < -0.4 is 0 Å². The van der Waals surface area contributed by atoms with Crippen molar-refractivity contribution >= 4 is 0 Å². The Labute approximate surface area is 105 Å². The van der Waals surface area contributed by atoms with Crippen LogP contribution in [0, 0.1) is 5.92 Å². The first-order valence-corrected chi connectivity index (χ1v) is 5.76. The van der Waals surface area contributed by atoms with Gasteiger partial charge in [0.05, 0.1) is 0 Å². The summed E-state index contributed by atoms with van der Waals surface area (Å²) < 4.78 is 40.7. The van der Waals surface area contributed by atoms with Crippen LogP contribution in [0.5, 0.6) is 0 Å². The van der Waals surface area contributed by atoms with Gasteiger partial charge in [-0.05, 0) is 25.5 Å². The fraction of sp³-hybridized carbons (Fsp3) is 0.538. The van der Waals surface area contributed by atoms with E-state index < -0.39 is 6.36 Å². The number of hydrogen-bond donors (Lipinski definition) is 0. The minimum atomic E-state index is -4.70. The van der Waals surface area contributed by atoms with Crippen molar-refractivity contribution in [2.75, 3.05) is 13.1 Å². The van der Waals surface area contributed by atoms with Crippen molar-refractivity contribution in [1.82, 2.24) is 4.90 Å². The van der Waals surface area contributed by atoms with Crippen molar-refractivity contribution in [1.29, 1.82) is 0 Å². The van der Waals surface area contributed by atoms with Crippen molar-refractivity contribution in [3.8, 4) is 0 Å². The summed E-state index contributed by atoms with van der Waals surface area (Å²) in [5.74, 6) is -0.230. The fourth-order valence-corrected chi connectivity index (χ4v) is 1.79. The first kappa shape index (κ1) is 14.8. The molecule has 5 heteroatoms. The molecule has 0 N–H and O–H groups in total. The number of alkyl halides is 3. The average Bonchev–Trinajstić information content (AvgIpc) is 2.11. The molecule has 102 valence electrons. The van der Waals surface area contributed by atoms with E-state index in [1.54, 1.807) is 0 Å². The lowest BCUT2D eigenvalue weighted by molar-refractivity contribution is -0.304. The summed E-state index contributed by atoms with van der Waals surface area (Å²) >= 11 is 0. The highest BCUT2D eigenvalue weighted by Gasteiger charge is 2.37. The van der Waals surface area contributed by atoms with Gasteiger partial charge in [-0.1, -0.05) is 19.2 Å². The summed E-state index contributed by atoms with van der Waals surface area (Å²) in [4.78, 5) is 2.16. The largest absolute Gasteiger partial charge is 0.573 e. The maximum Gasteiger partial charge on any atom is 0.573 e. The van der Waals surface area contributed by atoms with Gasteiger partial charge >= 0.3 is 6.36 Å². The van der Waals surface area contributed by atoms with Gasteiger partial charge in [-0.2, -0.15) is 0 Å². The van der Waals surface area contributed by atoms with Gasteiger partial charge in [0.15, 0.2) is 0 Å². The molecule has 0 aromatic heterocycles. The van der Waals surface area contributed by atoms with Crippen LogP contribution in [-0.2, 0) is 4.74 Å². The van der Waals surface area contributed by atoms with Crippen LogP contribution in [0.15, 0.2) is 36.6 Å². The van der Waals surface area contributed by atoms with Crippen LogP contribution in [-0.4, -0.2) is 30.4 Å². The smallest absolute Gasteiger partial charge is 0.406 e. The Kier molecular flexibility index (Phi) is 4.62. The molecule has 0 amide bonds. The zero-order chi connectivity index (χ0) is 13.9. The van der Waals surface area contributed by atoms with Crippen LogP contribution in [0.25, 0.3) is 0 Å². The maximum atomic E-state index is 12.2. The Morgan fingerprint density at radius 1 is 1.39 bits per heavy atom. The fourth-order valence-electron chi connectivity index (χ4n) is 1.79. The summed E-state index contributed by atoms with van der Waals surface area (Å²) in [5.41, 5.74) is 0.379. The zero-order valence-electron chi connectivity index (χ0n) is 10.6. The average molecular weight is 261 g/mol. The molecule has 18 heavy (non-hydrogen) atoms. The lowest BCUT2D eigenvalue weighted by Gasteiger charge is -2.43. The van der Waals surface area contributed by atoms with Gasteiger partial charge in [0.1, 0.15) is 5.76 Å².